The second-order valence-electron chi connectivity index (χ2n) is 6.42. The summed E-state index contributed by atoms with van der Waals surface area (Å²) in [5.41, 5.74) is 1.00. The number of thiazole rings is 1. The summed E-state index contributed by atoms with van der Waals surface area (Å²) >= 11 is 1.41. The molecule has 0 unspecified atom stereocenters. The third kappa shape index (κ3) is 4.60. The number of hydrogen-bond donors (Lipinski definition) is 0. The molecule has 0 radical (unpaired) electrons. The molecule has 2 aromatic heterocycles. The van der Waals surface area contributed by atoms with Crippen LogP contribution in [0, 0.1) is 5.82 Å². The van der Waals surface area contributed by atoms with E-state index >= 15 is 0 Å². The Bertz CT molecular complexity index is 1130. The fourth-order valence-electron chi connectivity index (χ4n) is 3.08. The van der Waals surface area contributed by atoms with Crippen LogP contribution in [0.3, 0.4) is 0 Å². The number of carbonyl (C=O) groups is 1. The van der Waals surface area contributed by atoms with Crippen molar-refractivity contribution in [1.82, 2.24) is 14.5 Å². The van der Waals surface area contributed by atoms with Crippen LogP contribution in [0.15, 0.2) is 61.2 Å². The van der Waals surface area contributed by atoms with Gasteiger partial charge in [-0.15, -0.1) is 12.4 Å². The summed E-state index contributed by atoms with van der Waals surface area (Å²) in [5, 5.41) is 0.560. The second kappa shape index (κ2) is 9.69. The van der Waals surface area contributed by atoms with E-state index in [2.05, 4.69) is 9.97 Å². The minimum absolute atomic E-state index is 0. The van der Waals surface area contributed by atoms with E-state index in [4.69, 9.17) is 4.74 Å². The van der Waals surface area contributed by atoms with Gasteiger partial charge in [0.25, 0.3) is 5.91 Å². The number of para-hydroxylation sites is 1. The molecular formula is C21H20ClFN4O2S. The van der Waals surface area contributed by atoms with Gasteiger partial charge in [0.2, 0.25) is 0 Å². The van der Waals surface area contributed by atoms with Gasteiger partial charge in [0.1, 0.15) is 17.1 Å². The van der Waals surface area contributed by atoms with Crippen molar-refractivity contribution in [3.8, 4) is 5.75 Å². The monoisotopic (exact) mass is 446 g/mol. The van der Waals surface area contributed by atoms with Crippen LogP contribution >= 0.6 is 23.7 Å². The van der Waals surface area contributed by atoms with Crippen LogP contribution in [0.25, 0.3) is 10.2 Å². The predicted octanol–water partition coefficient (Wildman–Crippen LogP) is 4.80. The number of fused-ring (bicyclic) bond motifs is 1. The average molecular weight is 447 g/mol. The first-order valence-corrected chi connectivity index (χ1v) is 9.94. The second-order valence-corrected chi connectivity index (χ2v) is 7.43. The first-order chi connectivity index (χ1) is 14.2. The van der Waals surface area contributed by atoms with Crippen molar-refractivity contribution in [3.63, 3.8) is 0 Å². The zero-order chi connectivity index (χ0) is 20.2. The maximum absolute atomic E-state index is 13.7. The lowest BCUT2D eigenvalue weighted by molar-refractivity contribution is 0.0986. The molecule has 2 aromatic carbocycles. The Morgan fingerprint density at radius 1 is 1.27 bits per heavy atom. The highest BCUT2D eigenvalue weighted by molar-refractivity contribution is 7.22. The molecule has 4 rings (SSSR count). The summed E-state index contributed by atoms with van der Waals surface area (Å²) in [6.45, 7) is 1.15. The Hall–Kier alpha value is -2.97. The lowest BCUT2D eigenvalue weighted by atomic mass is 10.2. The summed E-state index contributed by atoms with van der Waals surface area (Å²) in [6, 6.07) is 11.4. The molecule has 0 saturated carbocycles. The van der Waals surface area contributed by atoms with Gasteiger partial charge in [-0.3, -0.25) is 9.69 Å². The largest absolute Gasteiger partial charge is 0.494 e. The summed E-state index contributed by atoms with van der Waals surface area (Å²) in [4.78, 5) is 23.5. The number of rotatable bonds is 7. The maximum Gasteiger partial charge on any atom is 0.260 e. The number of aromatic nitrogens is 3. The molecule has 4 aromatic rings. The lowest BCUT2D eigenvalue weighted by Crippen LogP contribution is -2.32. The lowest BCUT2D eigenvalue weighted by Gasteiger charge is -2.20. The number of anilines is 1. The molecular weight excluding hydrogens is 427 g/mol. The van der Waals surface area contributed by atoms with Crippen LogP contribution in [0.1, 0.15) is 16.8 Å². The fourth-order valence-corrected chi connectivity index (χ4v) is 4.09. The summed E-state index contributed by atoms with van der Waals surface area (Å²) < 4.78 is 22.0. The molecule has 1 amide bonds. The summed E-state index contributed by atoms with van der Waals surface area (Å²) in [7, 11) is 1.59. The minimum Gasteiger partial charge on any atom is -0.494 e. The summed E-state index contributed by atoms with van der Waals surface area (Å²) in [6.07, 6.45) is 6.03. The number of amides is 1. The van der Waals surface area contributed by atoms with Crippen LogP contribution in [0.2, 0.25) is 0 Å². The Morgan fingerprint density at radius 3 is 2.83 bits per heavy atom. The van der Waals surface area contributed by atoms with E-state index in [9.17, 15) is 9.18 Å². The maximum atomic E-state index is 13.7. The third-order valence-electron chi connectivity index (χ3n) is 4.50. The van der Waals surface area contributed by atoms with Crippen molar-refractivity contribution in [2.75, 3.05) is 18.6 Å². The molecule has 0 saturated heterocycles. The molecule has 0 atom stereocenters. The molecule has 156 valence electrons. The molecule has 0 aliphatic carbocycles. The first-order valence-electron chi connectivity index (χ1n) is 9.12. The molecule has 0 N–H and O–H groups in total. The number of aryl methyl sites for hydroxylation is 1. The van der Waals surface area contributed by atoms with E-state index in [1.807, 2.05) is 29.0 Å². The first kappa shape index (κ1) is 21.7. The topological polar surface area (TPSA) is 60.2 Å². The van der Waals surface area contributed by atoms with E-state index in [1.165, 1.54) is 29.5 Å². The number of ether oxygens (including phenoxy) is 1. The number of hydrogen-bond acceptors (Lipinski definition) is 5. The van der Waals surface area contributed by atoms with Crippen LogP contribution in [0.4, 0.5) is 9.52 Å². The standard InChI is InChI=1S/C21H19FN4O2S.ClH/c1-28-17-7-3-8-18-19(17)24-21(29-18)26(11-4-10-25-12-9-23-14-25)20(27)15-5-2-6-16(22)13-15;/h2-3,5-9,12-14H,4,10-11H2,1H3;1H. The van der Waals surface area contributed by atoms with E-state index < -0.39 is 5.82 Å². The van der Waals surface area contributed by atoms with Crippen molar-refractivity contribution in [2.45, 2.75) is 13.0 Å². The van der Waals surface area contributed by atoms with Crippen LogP contribution in [0.5, 0.6) is 5.75 Å². The Balaban J connectivity index is 0.00000256. The van der Waals surface area contributed by atoms with E-state index in [0.717, 1.165) is 4.70 Å². The van der Waals surface area contributed by atoms with E-state index in [0.29, 0.717) is 41.5 Å². The quantitative estimate of drug-likeness (QED) is 0.409. The van der Waals surface area contributed by atoms with E-state index in [1.54, 1.807) is 30.6 Å². The van der Waals surface area contributed by atoms with Gasteiger partial charge >= 0.3 is 0 Å². The number of halogens is 2. The third-order valence-corrected chi connectivity index (χ3v) is 5.54. The molecule has 6 nitrogen and oxygen atoms in total. The van der Waals surface area contributed by atoms with Crippen molar-refractivity contribution in [1.29, 1.82) is 0 Å². The minimum atomic E-state index is -0.444. The predicted molar refractivity (Wildman–Crippen MR) is 118 cm³/mol. The molecule has 0 fully saturated rings. The molecule has 0 bridgehead atoms. The van der Waals surface area contributed by atoms with Crippen LogP contribution in [-0.4, -0.2) is 34.1 Å². The van der Waals surface area contributed by atoms with Gasteiger partial charge in [-0.05, 0) is 36.8 Å². The van der Waals surface area contributed by atoms with Crippen molar-refractivity contribution in [3.05, 3.63) is 72.6 Å². The molecule has 0 aliphatic heterocycles. The molecule has 30 heavy (non-hydrogen) atoms. The highest BCUT2D eigenvalue weighted by atomic mass is 35.5. The number of benzene rings is 2. The Labute approximate surface area is 183 Å². The fraction of sp³-hybridized carbons (Fsp3) is 0.190. The summed E-state index contributed by atoms with van der Waals surface area (Å²) in [5.74, 6) is -0.0742. The number of imidazole rings is 1. The van der Waals surface area contributed by atoms with Crippen molar-refractivity contribution >= 4 is 45.0 Å². The van der Waals surface area contributed by atoms with Crippen LogP contribution in [-0.2, 0) is 6.54 Å². The number of carbonyl (C=O) groups excluding carboxylic acids is 1. The average Bonchev–Trinajstić information content (AvgIpc) is 3.40. The van der Waals surface area contributed by atoms with Gasteiger partial charge in [-0.25, -0.2) is 14.4 Å². The number of methoxy groups -OCH3 is 1. The molecule has 0 aliphatic rings. The van der Waals surface area contributed by atoms with Gasteiger partial charge in [0.05, 0.1) is 18.1 Å². The zero-order valence-corrected chi connectivity index (χ0v) is 17.8. The zero-order valence-electron chi connectivity index (χ0n) is 16.2. The van der Waals surface area contributed by atoms with Gasteiger partial charge in [0.15, 0.2) is 5.13 Å². The van der Waals surface area contributed by atoms with Crippen molar-refractivity contribution in [2.24, 2.45) is 0 Å². The Kier molecular flexibility index (Phi) is 7.02. The van der Waals surface area contributed by atoms with Crippen molar-refractivity contribution < 1.29 is 13.9 Å². The molecule has 0 spiro atoms. The SMILES string of the molecule is COc1cccc2sc(N(CCCn3ccnc3)C(=O)c3cccc(F)c3)nc12.Cl. The van der Waals surface area contributed by atoms with Gasteiger partial charge < -0.3 is 9.30 Å². The highest BCUT2D eigenvalue weighted by Gasteiger charge is 2.22. The smallest absolute Gasteiger partial charge is 0.260 e. The normalized spacial score (nSPS) is 10.6. The van der Waals surface area contributed by atoms with E-state index in [-0.39, 0.29) is 18.3 Å². The van der Waals surface area contributed by atoms with Gasteiger partial charge in [0, 0.05) is 31.0 Å². The Morgan fingerprint density at radius 2 is 2.10 bits per heavy atom. The van der Waals surface area contributed by atoms with Crippen LogP contribution < -0.4 is 9.64 Å². The highest BCUT2D eigenvalue weighted by Crippen LogP contribution is 2.34. The molecule has 9 heteroatoms. The molecule has 2 heterocycles. The van der Waals surface area contributed by atoms with Gasteiger partial charge in [-0.2, -0.15) is 0 Å². The van der Waals surface area contributed by atoms with Gasteiger partial charge in [-0.1, -0.05) is 23.5 Å². The number of nitrogens with zero attached hydrogens (tertiary/aromatic N) is 4.